The summed E-state index contributed by atoms with van der Waals surface area (Å²) in [5, 5.41) is 150. The van der Waals surface area contributed by atoms with Crippen LogP contribution in [0.1, 0.15) is 51.8 Å². The lowest BCUT2D eigenvalue weighted by molar-refractivity contribution is -0.143. The van der Waals surface area contributed by atoms with Gasteiger partial charge in [-0.1, -0.05) is 0 Å². The van der Waals surface area contributed by atoms with Gasteiger partial charge in [0, 0.05) is 0 Å². The lowest BCUT2D eigenvalue weighted by atomic mass is 10.0. The van der Waals surface area contributed by atoms with Crippen molar-refractivity contribution in [2.75, 3.05) is 6.61 Å². The molecule has 0 amide bonds. The monoisotopic (exact) mass is 940 g/mol. The second kappa shape index (κ2) is 19.2. The number of phenolic OH excluding ortho intramolecular Hbond substituents is 15. The molecule has 15 N–H and O–H groups in total. The molecule has 0 aliphatic rings. The average molecular weight is 941 g/mol. The number of hydrogen-bond donors (Lipinski definition) is 15. The minimum absolute atomic E-state index is 0.344. The fourth-order valence-corrected chi connectivity index (χ4v) is 5.68. The first-order valence-electron chi connectivity index (χ1n) is 18.1. The Morgan fingerprint density at radius 2 is 0.597 bits per heavy atom. The van der Waals surface area contributed by atoms with Gasteiger partial charge in [0.25, 0.3) is 0 Å². The van der Waals surface area contributed by atoms with Crippen LogP contribution in [0, 0.1) is 0 Å². The molecule has 0 radical (unpaired) electrons. The van der Waals surface area contributed by atoms with Crippen molar-refractivity contribution in [3.05, 3.63) is 88.5 Å². The summed E-state index contributed by atoms with van der Waals surface area (Å²) in [7, 11) is 0. The Kier molecular flexibility index (Phi) is 13.8. The van der Waals surface area contributed by atoms with Crippen molar-refractivity contribution in [3.63, 3.8) is 0 Å². The number of aldehydes is 1. The second-order valence-corrected chi connectivity index (χ2v) is 13.6. The molecule has 5 rings (SSSR count). The fourth-order valence-electron chi connectivity index (χ4n) is 5.68. The van der Waals surface area contributed by atoms with Gasteiger partial charge in [-0.2, -0.15) is 0 Å². The highest BCUT2D eigenvalue weighted by molar-refractivity contribution is 5.95. The smallest absolute Gasteiger partial charge is 0.339 e. The van der Waals surface area contributed by atoms with Gasteiger partial charge in [0.2, 0.25) is 0 Å². The first-order valence-corrected chi connectivity index (χ1v) is 18.1. The van der Waals surface area contributed by atoms with E-state index in [1.165, 1.54) is 0 Å². The van der Waals surface area contributed by atoms with Gasteiger partial charge >= 0.3 is 29.8 Å². The van der Waals surface area contributed by atoms with Gasteiger partial charge < -0.3 is 100 Å². The van der Waals surface area contributed by atoms with Gasteiger partial charge in [-0.15, -0.1) is 0 Å². The highest BCUT2D eigenvalue weighted by Crippen LogP contribution is 2.40. The van der Waals surface area contributed by atoms with E-state index in [4.69, 9.17) is 23.7 Å². The molecule has 352 valence electrons. The lowest BCUT2D eigenvalue weighted by Crippen LogP contribution is -2.54. The number of rotatable bonds is 15. The van der Waals surface area contributed by atoms with Crippen LogP contribution < -0.4 is 0 Å². The minimum Gasteiger partial charge on any atom is -0.504 e. The molecule has 0 unspecified atom stereocenters. The maximum atomic E-state index is 13.9. The number of aromatic hydroxyl groups is 15. The van der Waals surface area contributed by atoms with E-state index in [1.807, 2.05) is 0 Å². The third-order valence-corrected chi connectivity index (χ3v) is 9.04. The zero-order valence-corrected chi connectivity index (χ0v) is 33.1. The average Bonchev–Trinajstić information content (AvgIpc) is 3.27. The number of carbonyl (C=O) groups excluding carboxylic acids is 6. The first-order chi connectivity index (χ1) is 31.4. The molecule has 0 heterocycles. The maximum Gasteiger partial charge on any atom is 0.339 e. The SMILES string of the molecule is O=C[C@H](OC(=O)c1cc(O)c(O)c(O)c1)[C@@H](OC(=O)c1cc(O)c(O)c(O)c1)[C@H](OC(=O)c1cc(O)c(O)c(O)c1)[C@@H](COC(=O)c1cc(O)c(O)c(O)c1)OC(=O)c1cc(O)c(O)c(O)c1. The van der Waals surface area contributed by atoms with Crippen molar-refractivity contribution in [1.82, 2.24) is 0 Å². The summed E-state index contributed by atoms with van der Waals surface area (Å²) in [6.07, 6.45) is -11.3. The zero-order valence-electron chi connectivity index (χ0n) is 33.1. The van der Waals surface area contributed by atoms with Gasteiger partial charge in [0.15, 0.2) is 117 Å². The largest absolute Gasteiger partial charge is 0.504 e. The summed E-state index contributed by atoms with van der Waals surface area (Å²) in [6.45, 7) is -1.51. The molecule has 0 aliphatic heterocycles. The number of phenols is 15. The quantitative estimate of drug-likeness (QED) is 0.0306. The van der Waals surface area contributed by atoms with Crippen molar-refractivity contribution in [3.8, 4) is 86.2 Å². The van der Waals surface area contributed by atoms with Crippen LogP contribution >= 0.6 is 0 Å². The molecule has 0 saturated carbocycles. The summed E-state index contributed by atoms with van der Waals surface area (Å²) >= 11 is 0. The summed E-state index contributed by atoms with van der Waals surface area (Å²) < 4.78 is 26.7. The van der Waals surface area contributed by atoms with Gasteiger partial charge in [-0.05, 0) is 60.7 Å². The lowest BCUT2D eigenvalue weighted by Gasteiger charge is -2.34. The number of ether oxygens (including phenoxy) is 5. The Morgan fingerprint density at radius 3 is 0.881 bits per heavy atom. The Morgan fingerprint density at radius 1 is 0.358 bits per heavy atom. The van der Waals surface area contributed by atoms with E-state index in [0.717, 1.165) is 0 Å². The molecule has 67 heavy (non-hydrogen) atoms. The van der Waals surface area contributed by atoms with E-state index < -0.39 is 175 Å². The van der Waals surface area contributed by atoms with E-state index in [2.05, 4.69) is 0 Å². The topological polar surface area (TPSA) is 452 Å². The molecular formula is C41H32O26. The van der Waals surface area contributed by atoms with E-state index in [1.54, 1.807) is 0 Å². The molecule has 0 spiro atoms. The molecule has 5 aromatic rings. The Hall–Kier alpha value is -9.88. The Balaban J connectivity index is 1.74. The molecule has 0 fully saturated rings. The van der Waals surface area contributed by atoms with Crippen molar-refractivity contribution in [1.29, 1.82) is 0 Å². The Labute approximate surface area is 370 Å². The van der Waals surface area contributed by atoms with Crippen LogP contribution in [0.25, 0.3) is 0 Å². The molecule has 0 bridgehead atoms. The van der Waals surface area contributed by atoms with Crippen LogP contribution in [0.5, 0.6) is 86.2 Å². The highest BCUT2D eigenvalue weighted by atomic mass is 16.6. The summed E-state index contributed by atoms with van der Waals surface area (Å²) in [5.74, 6) is -25.8. The van der Waals surface area contributed by atoms with Crippen LogP contribution in [-0.4, -0.2) is 144 Å². The highest BCUT2D eigenvalue weighted by Gasteiger charge is 2.46. The summed E-state index contributed by atoms with van der Waals surface area (Å²) in [6, 6.07) is 4.93. The molecule has 0 aliphatic carbocycles. The van der Waals surface area contributed by atoms with E-state index >= 15 is 0 Å². The van der Waals surface area contributed by atoms with Crippen LogP contribution in [0.2, 0.25) is 0 Å². The molecule has 0 aromatic heterocycles. The van der Waals surface area contributed by atoms with Crippen molar-refractivity contribution >= 4 is 36.1 Å². The molecule has 26 nitrogen and oxygen atoms in total. The first kappa shape index (κ1) is 48.2. The summed E-state index contributed by atoms with van der Waals surface area (Å²) in [4.78, 5) is 81.3. The van der Waals surface area contributed by atoms with Crippen LogP contribution in [0.15, 0.2) is 60.7 Å². The molecular weight excluding hydrogens is 908 g/mol. The maximum absolute atomic E-state index is 13.9. The number of carbonyl (C=O) groups is 6. The normalized spacial score (nSPS) is 12.7. The predicted octanol–water partition coefficient (Wildman–Crippen LogP) is 1.53. The van der Waals surface area contributed by atoms with Crippen LogP contribution in [0.3, 0.4) is 0 Å². The third kappa shape index (κ3) is 10.5. The van der Waals surface area contributed by atoms with Crippen molar-refractivity contribution < 1.29 is 129 Å². The van der Waals surface area contributed by atoms with E-state index in [-0.39, 0.29) is 6.29 Å². The summed E-state index contributed by atoms with van der Waals surface area (Å²) in [5.41, 5.74) is -4.32. The predicted molar refractivity (Wildman–Crippen MR) is 210 cm³/mol. The van der Waals surface area contributed by atoms with Gasteiger partial charge in [0.05, 0.1) is 27.8 Å². The number of hydrogen-bond acceptors (Lipinski definition) is 26. The third-order valence-electron chi connectivity index (χ3n) is 9.04. The van der Waals surface area contributed by atoms with Gasteiger partial charge in [0.1, 0.15) is 6.61 Å². The fraction of sp³-hybridized carbons (Fsp3) is 0.122. The minimum atomic E-state index is -2.82. The number of benzene rings is 5. The molecule has 4 atom stereocenters. The van der Waals surface area contributed by atoms with Gasteiger partial charge in [-0.25, -0.2) is 24.0 Å². The molecule has 5 aromatic carbocycles. The Bertz CT molecular complexity index is 2700. The van der Waals surface area contributed by atoms with E-state index in [9.17, 15) is 105 Å². The van der Waals surface area contributed by atoms with Crippen LogP contribution in [0.4, 0.5) is 0 Å². The van der Waals surface area contributed by atoms with E-state index in [0.29, 0.717) is 60.7 Å². The molecule has 0 saturated heterocycles. The van der Waals surface area contributed by atoms with Gasteiger partial charge in [-0.3, -0.25) is 4.79 Å². The molecule has 26 heteroatoms. The van der Waals surface area contributed by atoms with Crippen molar-refractivity contribution in [2.45, 2.75) is 24.4 Å². The van der Waals surface area contributed by atoms with Crippen molar-refractivity contribution in [2.24, 2.45) is 0 Å². The second-order valence-electron chi connectivity index (χ2n) is 13.6. The zero-order chi connectivity index (χ0) is 49.8. The van der Waals surface area contributed by atoms with Crippen LogP contribution in [-0.2, 0) is 28.5 Å². The standard InChI is InChI=1S/C41H32O26/c42-11-28(64-38(59)14-3-20(45)31(54)21(46)4-14)35(66-40(61)16-7-24(49)33(56)25(50)8-16)36(67-41(62)17-9-26(51)34(57)27(52)10-17)29(65-39(60)15-5-22(47)32(55)23(48)6-15)12-63-37(58)13-1-18(43)30(53)19(44)2-13/h1-11,28-29,35-36,43-57H,12H2/t28-,29+,35+,36+/m0/s1. The number of esters is 5.